The number of benzene rings is 2. The fourth-order valence-corrected chi connectivity index (χ4v) is 3.74. The van der Waals surface area contributed by atoms with Gasteiger partial charge < -0.3 is 10.2 Å². The number of hydrogen-bond acceptors (Lipinski definition) is 4. The fourth-order valence-electron chi connectivity index (χ4n) is 2.91. The number of carbonyl (C=O) groups is 1. The zero-order chi connectivity index (χ0) is 19.2. The van der Waals surface area contributed by atoms with Crippen LogP contribution in [0.5, 0.6) is 0 Å². The van der Waals surface area contributed by atoms with E-state index in [0.29, 0.717) is 6.42 Å². The minimum absolute atomic E-state index is 0.00791. The van der Waals surface area contributed by atoms with Crippen molar-refractivity contribution in [2.75, 3.05) is 20.6 Å². The van der Waals surface area contributed by atoms with Crippen LogP contribution in [0.25, 0.3) is 10.6 Å². The molecule has 3 rings (SSSR count). The summed E-state index contributed by atoms with van der Waals surface area (Å²) < 4.78 is 0. The van der Waals surface area contributed by atoms with Crippen LogP contribution in [0.3, 0.4) is 0 Å². The Bertz CT molecular complexity index is 872. The van der Waals surface area contributed by atoms with Gasteiger partial charge in [-0.05, 0) is 26.6 Å². The molecule has 3 aromatic rings. The maximum Gasteiger partial charge on any atom is 0.226 e. The minimum Gasteiger partial charge on any atom is -0.348 e. The second-order valence-electron chi connectivity index (χ2n) is 6.98. The van der Waals surface area contributed by atoms with Crippen LogP contribution in [0.1, 0.15) is 22.9 Å². The van der Waals surface area contributed by atoms with Crippen LogP contribution >= 0.6 is 11.3 Å². The molecule has 1 N–H and O–H groups in total. The van der Waals surface area contributed by atoms with E-state index >= 15 is 0 Å². The molecule has 0 aliphatic heterocycles. The third kappa shape index (κ3) is 5.49. The molecule has 27 heavy (non-hydrogen) atoms. The molecule has 0 bridgehead atoms. The molecule has 0 aliphatic carbocycles. The van der Waals surface area contributed by atoms with Gasteiger partial charge in [0.25, 0.3) is 0 Å². The number of amides is 1. The van der Waals surface area contributed by atoms with Crippen LogP contribution in [0.4, 0.5) is 0 Å². The molecule has 1 unspecified atom stereocenters. The topological polar surface area (TPSA) is 45.2 Å². The van der Waals surface area contributed by atoms with Gasteiger partial charge in [0.15, 0.2) is 0 Å². The maximum absolute atomic E-state index is 12.6. The molecule has 0 aliphatic rings. The summed E-state index contributed by atoms with van der Waals surface area (Å²) in [6.07, 6.45) is 0.291. The lowest BCUT2D eigenvalue weighted by molar-refractivity contribution is -0.121. The first-order valence-corrected chi connectivity index (χ1v) is 9.89. The van der Waals surface area contributed by atoms with Crippen molar-refractivity contribution >= 4 is 17.2 Å². The Kier molecular flexibility index (Phi) is 6.37. The smallest absolute Gasteiger partial charge is 0.226 e. The summed E-state index contributed by atoms with van der Waals surface area (Å²) >= 11 is 1.58. The van der Waals surface area contributed by atoms with Crippen LogP contribution in [0.15, 0.2) is 60.0 Å². The summed E-state index contributed by atoms with van der Waals surface area (Å²) in [5, 5.41) is 6.07. The van der Waals surface area contributed by atoms with Gasteiger partial charge >= 0.3 is 0 Å². The molecular formula is C22H25N3OS. The van der Waals surface area contributed by atoms with E-state index in [4.69, 9.17) is 0 Å². The Morgan fingerprint density at radius 2 is 1.81 bits per heavy atom. The van der Waals surface area contributed by atoms with Crippen molar-refractivity contribution in [3.05, 3.63) is 76.8 Å². The van der Waals surface area contributed by atoms with E-state index in [0.717, 1.165) is 28.4 Å². The van der Waals surface area contributed by atoms with Gasteiger partial charge in [-0.3, -0.25) is 4.79 Å². The van der Waals surface area contributed by atoms with Crippen molar-refractivity contribution in [1.82, 2.24) is 15.2 Å². The Morgan fingerprint density at radius 1 is 1.11 bits per heavy atom. The first kappa shape index (κ1) is 19.3. The second-order valence-corrected chi connectivity index (χ2v) is 7.84. The van der Waals surface area contributed by atoms with Crippen molar-refractivity contribution in [3.63, 3.8) is 0 Å². The molecule has 1 atom stereocenters. The third-order valence-electron chi connectivity index (χ3n) is 4.28. The van der Waals surface area contributed by atoms with E-state index in [9.17, 15) is 4.79 Å². The number of likely N-dealkylation sites (N-methyl/N-ethyl adjacent to an activating group) is 1. The molecule has 0 spiro atoms. The number of nitrogens with one attached hydrogen (secondary N) is 1. The van der Waals surface area contributed by atoms with Crippen molar-refractivity contribution in [3.8, 4) is 10.6 Å². The van der Waals surface area contributed by atoms with Gasteiger partial charge in [-0.25, -0.2) is 4.98 Å². The number of aryl methyl sites for hydroxylation is 1. The summed E-state index contributed by atoms with van der Waals surface area (Å²) in [6, 6.07) is 18.3. The number of carbonyl (C=O) groups excluding carboxylic acids is 1. The summed E-state index contributed by atoms with van der Waals surface area (Å²) in [6.45, 7) is 2.82. The van der Waals surface area contributed by atoms with E-state index < -0.39 is 0 Å². The molecule has 4 nitrogen and oxygen atoms in total. The number of thiazole rings is 1. The quantitative estimate of drug-likeness (QED) is 0.673. The third-order valence-corrected chi connectivity index (χ3v) is 5.22. The van der Waals surface area contributed by atoms with E-state index in [2.05, 4.69) is 46.4 Å². The predicted octanol–water partition coefficient (Wildman–Crippen LogP) is 4.08. The number of hydrogen-bond donors (Lipinski definition) is 1. The van der Waals surface area contributed by atoms with E-state index in [-0.39, 0.29) is 11.9 Å². The number of nitrogens with zero attached hydrogens (tertiary/aromatic N) is 2. The van der Waals surface area contributed by atoms with Crippen LogP contribution in [0.2, 0.25) is 0 Å². The van der Waals surface area contributed by atoms with Gasteiger partial charge in [0, 0.05) is 17.5 Å². The lowest BCUT2D eigenvalue weighted by atomic mass is 10.1. The highest BCUT2D eigenvalue weighted by atomic mass is 32.1. The largest absolute Gasteiger partial charge is 0.348 e. The highest BCUT2D eigenvalue weighted by Crippen LogP contribution is 2.24. The Morgan fingerprint density at radius 3 is 2.48 bits per heavy atom. The standard InChI is InChI=1S/C22H25N3OS/c1-16-9-11-18(12-10-16)22-23-19(15-27-22)13-21(26)24-20(14-25(2)3)17-7-5-4-6-8-17/h4-12,15,20H,13-14H2,1-3H3,(H,24,26). The monoisotopic (exact) mass is 379 g/mol. The van der Waals surface area contributed by atoms with Gasteiger partial charge in [0.1, 0.15) is 5.01 Å². The molecule has 5 heteroatoms. The van der Waals surface area contributed by atoms with Crippen molar-refractivity contribution in [1.29, 1.82) is 0 Å². The van der Waals surface area contributed by atoms with Gasteiger partial charge in [0.05, 0.1) is 18.2 Å². The summed E-state index contributed by atoms with van der Waals surface area (Å²) in [5.74, 6) is -0.00791. The van der Waals surface area contributed by atoms with Crippen LogP contribution in [-0.4, -0.2) is 36.4 Å². The van der Waals surface area contributed by atoms with E-state index in [1.54, 1.807) is 11.3 Å². The average Bonchev–Trinajstić information content (AvgIpc) is 3.10. The lowest BCUT2D eigenvalue weighted by Gasteiger charge is -2.22. The number of aromatic nitrogens is 1. The van der Waals surface area contributed by atoms with Crippen LogP contribution in [0, 0.1) is 6.92 Å². The molecule has 0 saturated heterocycles. The fraction of sp³-hybridized carbons (Fsp3) is 0.273. The molecular weight excluding hydrogens is 354 g/mol. The highest BCUT2D eigenvalue weighted by molar-refractivity contribution is 7.13. The predicted molar refractivity (Wildman–Crippen MR) is 112 cm³/mol. The van der Waals surface area contributed by atoms with Crippen LogP contribution in [-0.2, 0) is 11.2 Å². The Balaban J connectivity index is 1.66. The lowest BCUT2D eigenvalue weighted by Crippen LogP contribution is -2.36. The molecule has 1 amide bonds. The van der Waals surface area contributed by atoms with Crippen LogP contribution < -0.4 is 5.32 Å². The maximum atomic E-state index is 12.6. The van der Waals surface area contributed by atoms with Crippen molar-refractivity contribution in [2.45, 2.75) is 19.4 Å². The molecule has 1 aromatic heterocycles. The van der Waals surface area contributed by atoms with Gasteiger partial charge in [-0.15, -0.1) is 11.3 Å². The highest BCUT2D eigenvalue weighted by Gasteiger charge is 2.16. The molecule has 1 heterocycles. The van der Waals surface area contributed by atoms with Gasteiger partial charge in [-0.2, -0.15) is 0 Å². The van der Waals surface area contributed by atoms with Crippen molar-refractivity contribution < 1.29 is 4.79 Å². The molecule has 0 saturated carbocycles. The van der Waals surface area contributed by atoms with E-state index in [1.807, 2.05) is 49.8 Å². The summed E-state index contributed by atoms with van der Waals surface area (Å²) in [7, 11) is 4.02. The summed E-state index contributed by atoms with van der Waals surface area (Å²) in [4.78, 5) is 19.3. The first-order valence-electron chi connectivity index (χ1n) is 9.02. The van der Waals surface area contributed by atoms with Crippen molar-refractivity contribution in [2.24, 2.45) is 0 Å². The Labute approximate surface area is 164 Å². The zero-order valence-corrected chi connectivity index (χ0v) is 16.8. The SMILES string of the molecule is Cc1ccc(-c2nc(CC(=O)NC(CN(C)C)c3ccccc3)cs2)cc1. The molecule has 140 valence electrons. The Hall–Kier alpha value is -2.50. The average molecular weight is 380 g/mol. The molecule has 0 radical (unpaired) electrons. The first-order chi connectivity index (χ1) is 13.0. The normalized spacial score (nSPS) is 12.1. The molecule has 2 aromatic carbocycles. The van der Waals surface area contributed by atoms with E-state index in [1.165, 1.54) is 5.56 Å². The molecule has 0 fully saturated rings. The van der Waals surface area contributed by atoms with Gasteiger partial charge in [0.2, 0.25) is 5.91 Å². The number of rotatable bonds is 7. The summed E-state index contributed by atoms with van der Waals surface area (Å²) in [5.41, 5.74) is 4.23. The zero-order valence-electron chi connectivity index (χ0n) is 16.0. The second kappa shape index (κ2) is 8.93. The minimum atomic E-state index is -0.0381. The van der Waals surface area contributed by atoms with Gasteiger partial charge in [-0.1, -0.05) is 60.2 Å².